The van der Waals surface area contributed by atoms with Gasteiger partial charge >= 0.3 is 11.4 Å². The molecule has 1 aromatic heterocycles. The number of nitrogens with zero attached hydrogens (tertiary/aromatic N) is 2. The smallest absolute Gasteiger partial charge is 0.325 e. The SMILES string of the molecule is CN(OS(=O)O)c1ccc2[nH]cc(C[C@H]3CCCN3C)c2c1. The Labute approximate surface area is 132 Å². The maximum atomic E-state index is 10.8. The molecule has 2 aromatic rings. The summed E-state index contributed by atoms with van der Waals surface area (Å²) >= 11 is -2.32. The molecule has 2 N–H and O–H groups in total. The summed E-state index contributed by atoms with van der Waals surface area (Å²) in [5.74, 6) is 0. The van der Waals surface area contributed by atoms with Crippen molar-refractivity contribution < 1.29 is 13.0 Å². The van der Waals surface area contributed by atoms with Crippen LogP contribution in [0.3, 0.4) is 0 Å². The van der Waals surface area contributed by atoms with E-state index in [1.165, 1.54) is 23.5 Å². The summed E-state index contributed by atoms with van der Waals surface area (Å²) in [5.41, 5.74) is 3.09. The normalized spacial score (nSPS) is 20.6. The van der Waals surface area contributed by atoms with Gasteiger partial charge in [-0.1, -0.05) is 0 Å². The minimum Gasteiger partial charge on any atom is -0.361 e. The zero-order chi connectivity index (χ0) is 15.7. The highest BCUT2D eigenvalue weighted by Crippen LogP contribution is 2.28. The maximum absolute atomic E-state index is 10.8. The van der Waals surface area contributed by atoms with Crippen LogP contribution in [0.4, 0.5) is 5.69 Å². The molecule has 3 rings (SSSR count). The van der Waals surface area contributed by atoms with E-state index in [1.807, 2.05) is 18.2 Å². The Morgan fingerprint density at radius 2 is 2.36 bits per heavy atom. The second-order valence-electron chi connectivity index (χ2n) is 5.81. The van der Waals surface area contributed by atoms with Crippen LogP contribution >= 0.6 is 0 Å². The molecule has 120 valence electrons. The number of fused-ring (bicyclic) bond motifs is 1. The first kappa shape index (κ1) is 15.5. The van der Waals surface area contributed by atoms with Crippen LogP contribution in [0.5, 0.6) is 0 Å². The quantitative estimate of drug-likeness (QED) is 0.653. The first-order valence-electron chi connectivity index (χ1n) is 7.38. The van der Waals surface area contributed by atoms with E-state index in [4.69, 9.17) is 8.84 Å². The van der Waals surface area contributed by atoms with Gasteiger partial charge in [0, 0.05) is 30.2 Å². The molecule has 1 saturated heterocycles. The molecule has 1 aromatic carbocycles. The lowest BCUT2D eigenvalue weighted by molar-refractivity contribution is 0.295. The van der Waals surface area contributed by atoms with Crippen molar-refractivity contribution in [1.29, 1.82) is 0 Å². The fourth-order valence-corrected chi connectivity index (χ4v) is 3.44. The summed E-state index contributed by atoms with van der Waals surface area (Å²) in [5, 5.41) is 2.45. The number of aromatic amines is 1. The summed E-state index contributed by atoms with van der Waals surface area (Å²) in [4.78, 5) is 5.71. The largest absolute Gasteiger partial charge is 0.361 e. The maximum Gasteiger partial charge on any atom is 0.325 e. The molecule has 0 saturated carbocycles. The van der Waals surface area contributed by atoms with Gasteiger partial charge < -0.3 is 9.88 Å². The van der Waals surface area contributed by atoms with E-state index in [2.05, 4.69) is 23.1 Å². The van der Waals surface area contributed by atoms with E-state index < -0.39 is 11.4 Å². The van der Waals surface area contributed by atoms with E-state index in [9.17, 15) is 4.21 Å². The first-order valence-corrected chi connectivity index (χ1v) is 8.41. The molecular formula is C15H21N3O3S. The predicted octanol–water partition coefficient (Wildman–Crippen LogP) is 2.31. The van der Waals surface area contributed by atoms with Gasteiger partial charge in [-0.3, -0.25) is 4.55 Å². The average molecular weight is 323 g/mol. The second kappa shape index (κ2) is 6.37. The molecule has 0 bridgehead atoms. The van der Waals surface area contributed by atoms with Crippen molar-refractivity contribution in [2.24, 2.45) is 0 Å². The number of aromatic nitrogens is 1. The number of anilines is 1. The van der Waals surface area contributed by atoms with Gasteiger partial charge in [0.25, 0.3) is 0 Å². The molecular weight excluding hydrogens is 302 g/mol. The highest BCUT2D eigenvalue weighted by Gasteiger charge is 2.22. The van der Waals surface area contributed by atoms with Crippen LogP contribution in [0.25, 0.3) is 10.9 Å². The summed E-state index contributed by atoms with van der Waals surface area (Å²) in [7, 11) is 3.79. The van der Waals surface area contributed by atoms with Crippen molar-refractivity contribution in [1.82, 2.24) is 9.88 Å². The summed E-state index contributed by atoms with van der Waals surface area (Å²) in [6.45, 7) is 1.16. The number of hydroxylamine groups is 1. The first-order chi connectivity index (χ1) is 10.5. The van der Waals surface area contributed by atoms with Crippen molar-refractivity contribution in [3.05, 3.63) is 30.0 Å². The van der Waals surface area contributed by atoms with Crippen LogP contribution in [0.1, 0.15) is 18.4 Å². The Bertz CT molecular complexity index is 688. The zero-order valence-corrected chi connectivity index (χ0v) is 13.6. The summed E-state index contributed by atoms with van der Waals surface area (Å²) in [6, 6.07) is 6.40. The number of likely N-dealkylation sites (N-methyl/N-ethyl adjacent to an activating group) is 1. The standard InChI is InChI=1S/C15H21N3O3S/c1-17-7-3-4-12(17)8-11-10-16-15-6-5-13(9-14(11)15)18(2)21-22(19)20/h5-6,9-10,12,16H,3-4,7-8H2,1-2H3,(H,19,20)/t12-/m1/s1. The van der Waals surface area contributed by atoms with Crippen molar-refractivity contribution in [3.63, 3.8) is 0 Å². The number of benzene rings is 1. The van der Waals surface area contributed by atoms with Gasteiger partial charge in [-0.05, 0) is 56.6 Å². The van der Waals surface area contributed by atoms with E-state index in [1.54, 1.807) is 7.05 Å². The lowest BCUT2D eigenvalue weighted by atomic mass is 10.0. The molecule has 1 aliphatic heterocycles. The molecule has 0 aliphatic carbocycles. The minimum absolute atomic E-state index is 0.585. The Kier molecular flexibility index (Phi) is 4.49. The van der Waals surface area contributed by atoms with Gasteiger partial charge in [-0.15, -0.1) is 4.28 Å². The van der Waals surface area contributed by atoms with E-state index in [0.29, 0.717) is 6.04 Å². The van der Waals surface area contributed by atoms with Crippen molar-refractivity contribution in [2.45, 2.75) is 25.3 Å². The van der Waals surface area contributed by atoms with Crippen LogP contribution in [-0.2, 0) is 22.1 Å². The highest BCUT2D eigenvalue weighted by molar-refractivity contribution is 7.74. The number of hydrogen-bond donors (Lipinski definition) is 2. The van der Waals surface area contributed by atoms with E-state index >= 15 is 0 Å². The predicted molar refractivity (Wildman–Crippen MR) is 87.9 cm³/mol. The molecule has 6 nitrogen and oxygen atoms in total. The number of hydrogen-bond acceptors (Lipinski definition) is 4. The van der Waals surface area contributed by atoms with Crippen LogP contribution in [0.15, 0.2) is 24.4 Å². The third-order valence-corrected chi connectivity index (χ3v) is 4.77. The Balaban J connectivity index is 1.86. The molecule has 0 radical (unpaired) electrons. The lowest BCUT2D eigenvalue weighted by Gasteiger charge is -2.19. The van der Waals surface area contributed by atoms with E-state index in [0.717, 1.165) is 29.6 Å². The third-order valence-electron chi connectivity index (χ3n) is 4.42. The number of H-pyrrole nitrogens is 1. The molecule has 2 heterocycles. The monoisotopic (exact) mass is 323 g/mol. The number of likely N-dealkylation sites (tertiary alicyclic amines) is 1. The van der Waals surface area contributed by atoms with Gasteiger partial charge in [0.15, 0.2) is 0 Å². The van der Waals surface area contributed by atoms with Gasteiger partial charge in [0.1, 0.15) is 0 Å². The average Bonchev–Trinajstić information content (AvgIpc) is 3.05. The van der Waals surface area contributed by atoms with Crippen molar-refractivity contribution in [3.8, 4) is 0 Å². The van der Waals surface area contributed by atoms with Gasteiger partial charge in [-0.2, -0.15) is 4.21 Å². The fourth-order valence-electron chi connectivity index (χ4n) is 3.16. The van der Waals surface area contributed by atoms with Crippen LogP contribution in [0.2, 0.25) is 0 Å². The topological polar surface area (TPSA) is 68.8 Å². The molecule has 22 heavy (non-hydrogen) atoms. The minimum atomic E-state index is -2.32. The molecule has 0 amide bonds. The van der Waals surface area contributed by atoms with Gasteiger partial charge in [0.2, 0.25) is 0 Å². The Morgan fingerprint density at radius 3 is 3.05 bits per heavy atom. The van der Waals surface area contributed by atoms with E-state index in [-0.39, 0.29) is 0 Å². The molecule has 0 spiro atoms. The molecule has 7 heteroatoms. The Morgan fingerprint density at radius 1 is 1.55 bits per heavy atom. The van der Waals surface area contributed by atoms with Gasteiger partial charge in [-0.25, -0.2) is 5.06 Å². The van der Waals surface area contributed by atoms with Gasteiger partial charge in [0.05, 0.1) is 5.69 Å². The zero-order valence-electron chi connectivity index (χ0n) is 12.8. The molecule has 1 aliphatic rings. The van der Waals surface area contributed by atoms with Crippen LogP contribution in [0, 0.1) is 0 Å². The lowest BCUT2D eigenvalue weighted by Crippen LogP contribution is -2.26. The Hall–Kier alpha value is -1.41. The van der Waals surface area contributed by atoms with Crippen LogP contribution in [-0.4, -0.2) is 45.3 Å². The number of rotatable bonds is 5. The molecule has 1 unspecified atom stereocenters. The fraction of sp³-hybridized carbons (Fsp3) is 0.467. The van der Waals surface area contributed by atoms with Crippen molar-refractivity contribution >= 4 is 28.0 Å². The van der Waals surface area contributed by atoms with Crippen molar-refractivity contribution in [2.75, 3.05) is 25.7 Å². The van der Waals surface area contributed by atoms with Crippen LogP contribution < -0.4 is 5.06 Å². The summed E-state index contributed by atoms with van der Waals surface area (Å²) in [6.07, 6.45) is 5.56. The second-order valence-corrected chi connectivity index (χ2v) is 6.40. The molecule has 1 fully saturated rings. The third kappa shape index (κ3) is 3.17. The molecule has 2 atom stereocenters. The number of nitrogens with one attached hydrogen (secondary N) is 1. The summed E-state index contributed by atoms with van der Waals surface area (Å²) < 4.78 is 24.4. The highest BCUT2D eigenvalue weighted by atomic mass is 32.2.